The molecule has 2 aromatic rings. The average molecular weight is 289 g/mol. The van der Waals surface area contributed by atoms with E-state index in [0.717, 1.165) is 21.6 Å². The molecule has 1 heterocycles. The zero-order valence-electron chi connectivity index (χ0n) is 12.8. The second-order valence-electron chi connectivity index (χ2n) is 6.86. The lowest BCUT2D eigenvalue weighted by molar-refractivity contribution is -0.119. The van der Waals surface area contributed by atoms with Gasteiger partial charge >= 0.3 is 0 Å². The van der Waals surface area contributed by atoms with Crippen LogP contribution < -0.4 is 0 Å². The fourth-order valence-electron chi connectivity index (χ4n) is 2.74. The van der Waals surface area contributed by atoms with Crippen LogP contribution in [0.15, 0.2) is 24.3 Å². The van der Waals surface area contributed by atoms with E-state index in [0.29, 0.717) is 24.5 Å². The van der Waals surface area contributed by atoms with Gasteiger partial charge in [0.1, 0.15) is 10.8 Å². The van der Waals surface area contributed by atoms with Crippen LogP contribution in [0.5, 0.6) is 0 Å². The molecule has 2 nitrogen and oxygen atoms in total. The van der Waals surface area contributed by atoms with E-state index >= 15 is 0 Å². The zero-order chi connectivity index (χ0) is 14.8. The van der Waals surface area contributed by atoms with Crippen molar-refractivity contribution < 1.29 is 4.79 Å². The molecule has 0 fully saturated rings. The molecule has 0 aliphatic rings. The quantitative estimate of drug-likeness (QED) is 0.786. The minimum atomic E-state index is 0.287. The molecule has 1 atom stereocenters. The summed E-state index contributed by atoms with van der Waals surface area (Å²) in [5.74, 6) is 0.748. The SMILES string of the molecule is CC(CC(=O)Cc1nc2ccccc2s1)CC(C)(C)C. The first-order valence-corrected chi connectivity index (χ1v) is 8.01. The summed E-state index contributed by atoms with van der Waals surface area (Å²) in [6.45, 7) is 8.84. The van der Waals surface area contributed by atoms with Gasteiger partial charge in [-0.1, -0.05) is 39.8 Å². The van der Waals surface area contributed by atoms with E-state index in [2.05, 4.69) is 38.7 Å². The molecule has 1 unspecified atom stereocenters. The third-order valence-electron chi connectivity index (χ3n) is 3.22. The van der Waals surface area contributed by atoms with Crippen molar-refractivity contribution in [3.8, 4) is 0 Å². The number of ketones is 1. The molecule has 0 N–H and O–H groups in total. The van der Waals surface area contributed by atoms with Crippen molar-refractivity contribution in [2.45, 2.75) is 47.0 Å². The Hall–Kier alpha value is -1.22. The number of Topliss-reactive ketones (excluding diaryl/α,β-unsaturated/α-hetero) is 1. The number of thiazole rings is 1. The number of hydrogen-bond acceptors (Lipinski definition) is 3. The van der Waals surface area contributed by atoms with Crippen LogP contribution in [0.2, 0.25) is 0 Å². The van der Waals surface area contributed by atoms with E-state index in [1.807, 2.05) is 18.2 Å². The molecule has 0 bridgehead atoms. The first-order chi connectivity index (χ1) is 9.33. The third kappa shape index (κ3) is 4.41. The Bertz CT molecular complexity index is 561. The maximum absolute atomic E-state index is 12.2. The molecule has 0 saturated carbocycles. The zero-order valence-corrected chi connectivity index (χ0v) is 13.6. The van der Waals surface area contributed by atoms with Gasteiger partial charge in [0.05, 0.1) is 16.6 Å². The van der Waals surface area contributed by atoms with Gasteiger partial charge in [-0.2, -0.15) is 0 Å². The molecule has 1 aromatic carbocycles. The number of fused-ring (bicyclic) bond motifs is 1. The Balaban J connectivity index is 1.94. The summed E-state index contributed by atoms with van der Waals surface area (Å²) in [5, 5.41) is 0.944. The Morgan fingerprint density at radius 3 is 2.65 bits per heavy atom. The van der Waals surface area contributed by atoms with Crippen molar-refractivity contribution in [1.82, 2.24) is 4.98 Å². The van der Waals surface area contributed by atoms with E-state index in [1.54, 1.807) is 11.3 Å². The number of hydrogen-bond donors (Lipinski definition) is 0. The van der Waals surface area contributed by atoms with Crippen LogP contribution in [0, 0.1) is 11.3 Å². The lowest BCUT2D eigenvalue weighted by atomic mass is 9.83. The number of nitrogens with zero attached hydrogens (tertiary/aromatic N) is 1. The summed E-state index contributed by atoms with van der Waals surface area (Å²) < 4.78 is 1.16. The van der Waals surface area contributed by atoms with Gasteiger partial charge in [0, 0.05) is 6.42 Å². The second-order valence-corrected chi connectivity index (χ2v) is 7.98. The molecule has 0 spiro atoms. The number of benzene rings is 1. The lowest BCUT2D eigenvalue weighted by Gasteiger charge is -2.22. The highest BCUT2D eigenvalue weighted by Gasteiger charge is 2.18. The Morgan fingerprint density at radius 1 is 1.30 bits per heavy atom. The van der Waals surface area contributed by atoms with E-state index < -0.39 is 0 Å². The molecule has 108 valence electrons. The Labute approximate surface area is 125 Å². The standard InChI is InChI=1S/C17H23NOS/c1-12(11-17(2,3)4)9-13(19)10-16-18-14-7-5-6-8-15(14)20-16/h5-8,12H,9-11H2,1-4H3. The minimum Gasteiger partial charge on any atom is -0.299 e. The van der Waals surface area contributed by atoms with Gasteiger partial charge in [0.25, 0.3) is 0 Å². The van der Waals surface area contributed by atoms with Crippen molar-refractivity contribution in [2.24, 2.45) is 11.3 Å². The predicted molar refractivity (Wildman–Crippen MR) is 86.2 cm³/mol. The van der Waals surface area contributed by atoms with Gasteiger partial charge in [-0.15, -0.1) is 11.3 Å². The first kappa shape index (κ1) is 15.2. The van der Waals surface area contributed by atoms with Gasteiger partial charge in [-0.25, -0.2) is 4.98 Å². The largest absolute Gasteiger partial charge is 0.299 e. The highest BCUT2D eigenvalue weighted by Crippen LogP contribution is 2.27. The normalized spacial score (nSPS) is 13.6. The number of aromatic nitrogens is 1. The Kier molecular flexibility index (Phi) is 4.59. The van der Waals surface area contributed by atoms with Crippen LogP contribution in [-0.4, -0.2) is 10.8 Å². The maximum atomic E-state index is 12.2. The Morgan fingerprint density at radius 2 is 2.00 bits per heavy atom. The van der Waals surface area contributed by atoms with Crippen molar-refractivity contribution >= 4 is 27.3 Å². The van der Waals surface area contributed by atoms with Crippen LogP contribution in [-0.2, 0) is 11.2 Å². The molecule has 0 aliphatic carbocycles. The van der Waals surface area contributed by atoms with Gasteiger partial charge in [0.15, 0.2) is 0 Å². The monoisotopic (exact) mass is 289 g/mol. The summed E-state index contributed by atoms with van der Waals surface area (Å²) in [6, 6.07) is 8.06. The number of para-hydroxylation sites is 1. The number of rotatable bonds is 5. The highest BCUT2D eigenvalue weighted by molar-refractivity contribution is 7.18. The fourth-order valence-corrected chi connectivity index (χ4v) is 3.74. The van der Waals surface area contributed by atoms with E-state index in [-0.39, 0.29) is 5.41 Å². The molecular formula is C17H23NOS. The molecule has 0 aliphatic heterocycles. The first-order valence-electron chi connectivity index (χ1n) is 7.19. The molecule has 0 amide bonds. The molecule has 1 aromatic heterocycles. The number of carbonyl (C=O) groups is 1. The summed E-state index contributed by atoms with van der Waals surface area (Å²) in [5.41, 5.74) is 1.29. The average Bonchev–Trinajstić information content (AvgIpc) is 2.67. The van der Waals surface area contributed by atoms with Gasteiger partial charge in [-0.05, 0) is 29.9 Å². The highest BCUT2D eigenvalue weighted by atomic mass is 32.1. The van der Waals surface area contributed by atoms with Gasteiger partial charge < -0.3 is 0 Å². The molecule has 0 radical (unpaired) electrons. The van der Waals surface area contributed by atoms with Crippen LogP contribution in [0.4, 0.5) is 0 Å². The van der Waals surface area contributed by atoms with Gasteiger partial charge in [0.2, 0.25) is 0 Å². The lowest BCUT2D eigenvalue weighted by Crippen LogP contribution is -2.15. The summed E-state index contributed by atoms with van der Waals surface area (Å²) in [7, 11) is 0. The molecular weight excluding hydrogens is 266 g/mol. The molecule has 20 heavy (non-hydrogen) atoms. The fraction of sp³-hybridized carbons (Fsp3) is 0.529. The smallest absolute Gasteiger partial charge is 0.139 e. The van der Waals surface area contributed by atoms with Crippen molar-refractivity contribution in [2.75, 3.05) is 0 Å². The third-order valence-corrected chi connectivity index (χ3v) is 4.26. The molecule has 0 saturated heterocycles. The summed E-state index contributed by atoms with van der Waals surface area (Å²) >= 11 is 1.63. The van der Waals surface area contributed by atoms with Crippen molar-refractivity contribution in [3.63, 3.8) is 0 Å². The van der Waals surface area contributed by atoms with E-state index in [1.165, 1.54) is 0 Å². The molecule has 2 rings (SSSR count). The number of carbonyl (C=O) groups excluding carboxylic acids is 1. The summed E-state index contributed by atoms with van der Waals surface area (Å²) in [4.78, 5) is 16.7. The van der Waals surface area contributed by atoms with Crippen molar-refractivity contribution in [1.29, 1.82) is 0 Å². The minimum absolute atomic E-state index is 0.287. The van der Waals surface area contributed by atoms with Gasteiger partial charge in [-0.3, -0.25) is 4.79 Å². The molecule has 3 heteroatoms. The van der Waals surface area contributed by atoms with E-state index in [9.17, 15) is 4.79 Å². The van der Waals surface area contributed by atoms with Crippen LogP contribution in [0.25, 0.3) is 10.2 Å². The van der Waals surface area contributed by atoms with Crippen molar-refractivity contribution in [3.05, 3.63) is 29.3 Å². The van der Waals surface area contributed by atoms with Crippen LogP contribution in [0.3, 0.4) is 0 Å². The van der Waals surface area contributed by atoms with Crippen LogP contribution in [0.1, 0.15) is 45.5 Å². The summed E-state index contributed by atoms with van der Waals surface area (Å²) in [6.07, 6.45) is 2.22. The van der Waals surface area contributed by atoms with E-state index in [4.69, 9.17) is 0 Å². The topological polar surface area (TPSA) is 30.0 Å². The predicted octanol–water partition coefficient (Wildman–Crippen LogP) is 4.87. The van der Waals surface area contributed by atoms with Crippen LogP contribution >= 0.6 is 11.3 Å². The maximum Gasteiger partial charge on any atom is 0.139 e. The second kappa shape index (κ2) is 6.04.